The third-order valence-electron chi connectivity index (χ3n) is 8.83. The monoisotopic (exact) mass is 418 g/mol. The minimum Gasteiger partial charge on any atom is -0.462 e. The van der Waals surface area contributed by atoms with Crippen LogP contribution in [0.25, 0.3) is 0 Å². The summed E-state index contributed by atoms with van der Waals surface area (Å²) in [5.41, 5.74) is -0.0181. The van der Waals surface area contributed by atoms with E-state index in [1.807, 2.05) is 6.08 Å². The van der Waals surface area contributed by atoms with Crippen molar-refractivity contribution in [1.82, 2.24) is 0 Å². The van der Waals surface area contributed by atoms with Crippen LogP contribution in [0.4, 0.5) is 0 Å². The fourth-order valence-electron chi connectivity index (χ4n) is 7.79. The highest BCUT2D eigenvalue weighted by molar-refractivity contribution is 5.92. The van der Waals surface area contributed by atoms with Crippen LogP contribution in [0.1, 0.15) is 67.2 Å². The van der Waals surface area contributed by atoms with Gasteiger partial charge in [-0.25, -0.2) is 4.79 Å². The Labute approximate surface area is 178 Å². The Kier molecular flexibility index (Phi) is 4.87. The second-order valence-corrected chi connectivity index (χ2v) is 10.9. The van der Waals surface area contributed by atoms with Gasteiger partial charge in [-0.05, 0) is 42.1 Å². The quantitative estimate of drug-likeness (QED) is 0.501. The molecule has 30 heavy (non-hydrogen) atoms. The van der Waals surface area contributed by atoms with Crippen LogP contribution < -0.4 is 0 Å². The van der Waals surface area contributed by atoms with Crippen molar-refractivity contribution in [3.8, 4) is 0 Å². The number of hydrogen-bond donors (Lipinski definition) is 0. The van der Waals surface area contributed by atoms with E-state index < -0.39 is 11.5 Å². The van der Waals surface area contributed by atoms with Crippen molar-refractivity contribution in [2.75, 3.05) is 6.61 Å². The lowest BCUT2D eigenvalue weighted by molar-refractivity contribution is -0.236. The Morgan fingerprint density at radius 2 is 1.73 bits per heavy atom. The zero-order valence-corrected chi connectivity index (χ0v) is 18.9. The maximum atomic E-state index is 12.5. The van der Waals surface area contributed by atoms with Crippen LogP contribution in [-0.2, 0) is 28.6 Å². The number of carbonyl (C=O) groups excluding carboxylic acids is 3. The van der Waals surface area contributed by atoms with E-state index in [1.54, 1.807) is 0 Å². The number of esters is 3. The Morgan fingerprint density at radius 3 is 2.37 bits per heavy atom. The lowest BCUT2D eigenvalue weighted by Crippen LogP contribution is -2.67. The predicted molar refractivity (Wildman–Crippen MR) is 109 cm³/mol. The maximum Gasteiger partial charge on any atom is 0.334 e. The van der Waals surface area contributed by atoms with Crippen LogP contribution in [0.2, 0.25) is 0 Å². The van der Waals surface area contributed by atoms with Gasteiger partial charge in [-0.2, -0.15) is 0 Å². The van der Waals surface area contributed by atoms with Gasteiger partial charge < -0.3 is 14.2 Å². The van der Waals surface area contributed by atoms with E-state index in [4.69, 9.17) is 14.2 Å². The van der Waals surface area contributed by atoms with E-state index in [-0.39, 0.29) is 53.3 Å². The largest absolute Gasteiger partial charge is 0.462 e. The zero-order valence-electron chi connectivity index (χ0n) is 18.9. The van der Waals surface area contributed by atoms with Gasteiger partial charge in [0.2, 0.25) is 0 Å². The van der Waals surface area contributed by atoms with Crippen molar-refractivity contribution in [1.29, 1.82) is 0 Å². The van der Waals surface area contributed by atoms with Gasteiger partial charge in [0.1, 0.15) is 12.2 Å². The van der Waals surface area contributed by atoms with Crippen LogP contribution in [0, 0.1) is 34.0 Å². The Bertz CT molecular complexity index is 813. The standard InChI is InChI=1S/C24H34O6/c1-13(25)29-17-10-15-16(12-28-21(15)27)24(6)19(30-14(2)26)11-18-22(3,4)8-7-9-23(18,5)20(17)24/h10,16-20H,7-9,11-12H2,1-6H3/t16-,17-,18+,19-,20-,23+,24-/m1/s1. The minimum absolute atomic E-state index is 0.0696. The van der Waals surface area contributed by atoms with Crippen LogP contribution in [0.15, 0.2) is 11.6 Å². The molecule has 0 aromatic heterocycles. The van der Waals surface area contributed by atoms with Crippen molar-refractivity contribution in [3.05, 3.63) is 11.6 Å². The normalized spacial score (nSPS) is 44.0. The highest BCUT2D eigenvalue weighted by atomic mass is 16.6. The first-order valence-electron chi connectivity index (χ1n) is 11.1. The Balaban J connectivity index is 1.92. The number of cyclic esters (lactones) is 1. The maximum absolute atomic E-state index is 12.5. The molecule has 0 unspecified atom stereocenters. The molecule has 4 rings (SSSR count). The zero-order chi connectivity index (χ0) is 22.1. The fraction of sp³-hybridized carbons (Fsp3) is 0.792. The fourth-order valence-corrected chi connectivity index (χ4v) is 7.79. The molecule has 3 fully saturated rings. The molecule has 0 amide bonds. The number of rotatable bonds is 2. The second kappa shape index (κ2) is 6.83. The molecule has 0 aromatic carbocycles. The summed E-state index contributed by atoms with van der Waals surface area (Å²) in [6.45, 7) is 12.2. The Hall–Kier alpha value is -1.85. The molecular weight excluding hydrogens is 384 g/mol. The van der Waals surface area contributed by atoms with E-state index in [0.29, 0.717) is 11.5 Å². The lowest BCUT2D eigenvalue weighted by Gasteiger charge is -2.67. The van der Waals surface area contributed by atoms with Crippen molar-refractivity contribution >= 4 is 17.9 Å². The smallest absolute Gasteiger partial charge is 0.334 e. The van der Waals surface area contributed by atoms with E-state index >= 15 is 0 Å². The molecule has 166 valence electrons. The molecule has 2 saturated carbocycles. The van der Waals surface area contributed by atoms with Gasteiger partial charge in [0.15, 0.2) is 0 Å². The molecule has 0 N–H and O–H groups in total. The topological polar surface area (TPSA) is 78.9 Å². The molecule has 0 spiro atoms. The number of carbonyl (C=O) groups is 3. The van der Waals surface area contributed by atoms with Crippen LogP contribution in [0.3, 0.4) is 0 Å². The van der Waals surface area contributed by atoms with E-state index in [0.717, 1.165) is 25.7 Å². The van der Waals surface area contributed by atoms with Gasteiger partial charge in [0.05, 0.1) is 6.61 Å². The van der Waals surface area contributed by atoms with Gasteiger partial charge in [-0.3, -0.25) is 9.59 Å². The summed E-state index contributed by atoms with van der Waals surface area (Å²) in [7, 11) is 0. The van der Waals surface area contributed by atoms with E-state index in [1.165, 1.54) is 13.8 Å². The van der Waals surface area contributed by atoms with E-state index in [9.17, 15) is 14.4 Å². The highest BCUT2D eigenvalue weighted by Gasteiger charge is 2.69. The van der Waals surface area contributed by atoms with Gasteiger partial charge in [0.25, 0.3) is 0 Å². The second-order valence-electron chi connectivity index (χ2n) is 10.9. The molecular formula is C24H34O6. The predicted octanol–water partition coefficient (Wildman–Crippen LogP) is 3.82. The summed E-state index contributed by atoms with van der Waals surface area (Å²) in [6, 6.07) is 0. The molecule has 1 saturated heterocycles. The third kappa shape index (κ3) is 2.93. The molecule has 7 atom stereocenters. The van der Waals surface area contributed by atoms with Gasteiger partial charge in [-0.15, -0.1) is 0 Å². The number of ether oxygens (including phenoxy) is 3. The average molecular weight is 419 g/mol. The van der Waals surface area contributed by atoms with Crippen molar-refractivity contribution in [2.24, 2.45) is 34.0 Å². The summed E-state index contributed by atoms with van der Waals surface area (Å²) in [5, 5.41) is 0. The van der Waals surface area contributed by atoms with Gasteiger partial charge in [-0.1, -0.05) is 34.1 Å². The third-order valence-corrected chi connectivity index (χ3v) is 8.83. The van der Waals surface area contributed by atoms with Gasteiger partial charge in [0, 0.05) is 36.7 Å². The minimum atomic E-state index is -0.555. The molecule has 0 aromatic rings. The first kappa shape index (κ1) is 21.4. The van der Waals surface area contributed by atoms with Crippen molar-refractivity contribution in [3.63, 3.8) is 0 Å². The first-order chi connectivity index (χ1) is 13.9. The number of hydrogen-bond acceptors (Lipinski definition) is 6. The molecule has 6 heteroatoms. The lowest BCUT2D eigenvalue weighted by atomic mass is 9.38. The SMILES string of the molecule is CC(=O)O[C@@H]1C=C2C(=O)OC[C@H]2[C@@]2(C)[C@H]1[C@@]1(C)CCCC(C)(C)[C@@H]1C[C@H]2OC(C)=O. The molecule has 0 radical (unpaired) electrons. The molecule has 0 bridgehead atoms. The molecule has 1 aliphatic heterocycles. The summed E-state index contributed by atoms with van der Waals surface area (Å²) in [5.74, 6) is -0.966. The summed E-state index contributed by atoms with van der Waals surface area (Å²) < 4.78 is 17.3. The molecule has 3 aliphatic carbocycles. The molecule has 1 heterocycles. The first-order valence-corrected chi connectivity index (χ1v) is 11.1. The Morgan fingerprint density at radius 1 is 1.07 bits per heavy atom. The molecule has 6 nitrogen and oxygen atoms in total. The number of fused-ring (bicyclic) bond motifs is 5. The van der Waals surface area contributed by atoms with Crippen LogP contribution >= 0.6 is 0 Å². The molecule has 4 aliphatic rings. The highest BCUT2D eigenvalue weighted by Crippen LogP contribution is 2.69. The van der Waals surface area contributed by atoms with E-state index in [2.05, 4.69) is 27.7 Å². The van der Waals surface area contributed by atoms with Gasteiger partial charge >= 0.3 is 17.9 Å². The van der Waals surface area contributed by atoms with Crippen molar-refractivity contribution in [2.45, 2.75) is 79.4 Å². The average Bonchev–Trinajstić information content (AvgIpc) is 2.97. The van der Waals surface area contributed by atoms with Crippen LogP contribution in [0.5, 0.6) is 0 Å². The summed E-state index contributed by atoms with van der Waals surface area (Å²) >= 11 is 0. The summed E-state index contributed by atoms with van der Waals surface area (Å²) in [6.07, 6.45) is 4.92. The summed E-state index contributed by atoms with van der Waals surface area (Å²) in [4.78, 5) is 36.7. The van der Waals surface area contributed by atoms with Crippen LogP contribution in [-0.4, -0.2) is 36.7 Å². The van der Waals surface area contributed by atoms with Crippen molar-refractivity contribution < 1.29 is 28.6 Å².